The lowest BCUT2D eigenvalue weighted by Gasteiger charge is -2.25. The van der Waals surface area contributed by atoms with Crippen molar-refractivity contribution in [3.05, 3.63) is 0 Å². The quantitative estimate of drug-likeness (QED) is 0.678. The Labute approximate surface area is 84.8 Å². The van der Waals surface area contributed by atoms with Gasteiger partial charge in [0.15, 0.2) is 0 Å². The van der Waals surface area contributed by atoms with Crippen molar-refractivity contribution in [3.63, 3.8) is 0 Å². The number of nitrogens with zero attached hydrogens (tertiary/aromatic N) is 1. The van der Waals surface area contributed by atoms with E-state index in [1.54, 1.807) is 0 Å². The molecule has 1 N–H and O–H groups in total. The summed E-state index contributed by atoms with van der Waals surface area (Å²) >= 11 is 0. The summed E-state index contributed by atoms with van der Waals surface area (Å²) in [5.74, 6) is 1.05. The molecule has 3 nitrogen and oxygen atoms in total. The zero-order valence-corrected chi connectivity index (χ0v) is 8.75. The van der Waals surface area contributed by atoms with Crippen LogP contribution in [0.25, 0.3) is 0 Å². The molecule has 3 fully saturated rings. The van der Waals surface area contributed by atoms with Gasteiger partial charge in [-0.05, 0) is 31.6 Å². The molecule has 1 unspecified atom stereocenters. The van der Waals surface area contributed by atoms with Gasteiger partial charge < -0.3 is 4.90 Å². The monoisotopic (exact) mass is 194 g/mol. The van der Waals surface area contributed by atoms with E-state index in [9.17, 15) is 4.79 Å². The summed E-state index contributed by atoms with van der Waals surface area (Å²) in [6.45, 7) is 0. The molecule has 1 atom stereocenters. The first kappa shape index (κ1) is 8.72. The highest BCUT2D eigenvalue weighted by molar-refractivity contribution is 5.91. The van der Waals surface area contributed by atoms with Crippen LogP contribution < -0.4 is 5.32 Å². The summed E-state index contributed by atoms with van der Waals surface area (Å²) < 4.78 is 0. The molecular formula is C11H18N2O. The summed E-state index contributed by atoms with van der Waals surface area (Å²) in [5, 5.41) is 3.56. The van der Waals surface area contributed by atoms with Crippen LogP contribution in [0.1, 0.15) is 38.5 Å². The number of rotatable bonds is 1. The summed E-state index contributed by atoms with van der Waals surface area (Å²) in [5.41, 5.74) is -0.109. The standard InChI is InChI=1S/C11H18N2O/c1-13-9(8-4-2-3-5-8)12-11(6-7-11)10(13)14/h8-9,12H,2-7H2,1H3. The zero-order valence-electron chi connectivity index (χ0n) is 8.75. The molecule has 3 heteroatoms. The smallest absolute Gasteiger partial charge is 0.243 e. The van der Waals surface area contributed by atoms with Gasteiger partial charge in [-0.25, -0.2) is 0 Å². The molecule has 2 saturated carbocycles. The Morgan fingerprint density at radius 3 is 2.50 bits per heavy atom. The molecule has 0 bridgehead atoms. The average molecular weight is 194 g/mol. The Hall–Kier alpha value is -0.570. The number of nitrogens with one attached hydrogen (secondary N) is 1. The molecule has 0 aromatic heterocycles. The van der Waals surface area contributed by atoms with Crippen LogP contribution in [0.3, 0.4) is 0 Å². The molecular weight excluding hydrogens is 176 g/mol. The molecule has 0 radical (unpaired) electrons. The highest BCUT2D eigenvalue weighted by Crippen LogP contribution is 2.44. The van der Waals surface area contributed by atoms with Crippen LogP contribution in [0.5, 0.6) is 0 Å². The summed E-state index contributed by atoms with van der Waals surface area (Å²) in [6, 6.07) is 0. The van der Waals surface area contributed by atoms with E-state index in [0.717, 1.165) is 12.8 Å². The van der Waals surface area contributed by atoms with Gasteiger partial charge in [0.1, 0.15) is 0 Å². The van der Waals surface area contributed by atoms with Gasteiger partial charge in [0.25, 0.3) is 0 Å². The SMILES string of the molecule is CN1C(=O)C2(CC2)NC1C1CCCC1. The molecule has 3 aliphatic rings. The molecule has 2 aliphatic carbocycles. The fourth-order valence-corrected chi connectivity index (χ4v) is 3.10. The molecule has 1 heterocycles. The van der Waals surface area contributed by atoms with E-state index in [2.05, 4.69) is 5.32 Å². The Morgan fingerprint density at radius 2 is 2.00 bits per heavy atom. The van der Waals surface area contributed by atoms with Crippen LogP contribution in [0.4, 0.5) is 0 Å². The van der Waals surface area contributed by atoms with E-state index in [1.165, 1.54) is 25.7 Å². The van der Waals surface area contributed by atoms with Crippen LogP contribution in [0, 0.1) is 5.92 Å². The molecule has 0 aromatic rings. The fraction of sp³-hybridized carbons (Fsp3) is 0.909. The van der Waals surface area contributed by atoms with E-state index in [0.29, 0.717) is 18.0 Å². The Bertz CT molecular complexity index is 266. The third-order valence-corrected chi connectivity index (χ3v) is 4.17. The average Bonchev–Trinajstić information content (AvgIpc) is 2.68. The van der Waals surface area contributed by atoms with Crippen molar-refractivity contribution in [1.82, 2.24) is 10.2 Å². The minimum atomic E-state index is -0.109. The van der Waals surface area contributed by atoms with Gasteiger partial charge >= 0.3 is 0 Å². The maximum absolute atomic E-state index is 11.9. The first-order chi connectivity index (χ1) is 6.73. The minimum absolute atomic E-state index is 0.109. The Balaban J connectivity index is 1.78. The van der Waals surface area contributed by atoms with E-state index in [4.69, 9.17) is 0 Å². The molecule has 14 heavy (non-hydrogen) atoms. The normalized spacial score (nSPS) is 35.9. The number of carbonyl (C=O) groups excluding carboxylic acids is 1. The topological polar surface area (TPSA) is 32.3 Å². The van der Waals surface area contributed by atoms with Crippen molar-refractivity contribution < 1.29 is 4.79 Å². The molecule has 78 valence electrons. The number of carbonyl (C=O) groups is 1. The van der Waals surface area contributed by atoms with Crippen molar-refractivity contribution in [2.24, 2.45) is 5.92 Å². The van der Waals surface area contributed by atoms with Crippen molar-refractivity contribution in [3.8, 4) is 0 Å². The van der Waals surface area contributed by atoms with Gasteiger partial charge in [0.05, 0.1) is 11.7 Å². The number of amides is 1. The van der Waals surface area contributed by atoms with Crippen LogP contribution in [0.2, 0.25) is 0 Å². The number of likely N-dealkylation sites (N-methyl/N-ethyl adjacent to an activating group) is 1. The lowest BCUT2D eigenvalue weighted by Crippen LogP contribution is -2.40. The van der Waals surface area contributed by atoms with E-state index >= 15 is 0 Å². The van der Waals surface area contributed by atoms with E-state index in [-0.39, 0.29) is 5.54 Å². The lowest BCUT2D eigenvalue weighted by molar-refractivity contribution is -0.129. The number of hydrogen-bond acceptors (Lipinski definition) is 2. The van der Waals surface area contributed by atoms with Crippen molar-refractivity contribution in [2.75, 3.05) is 7.05 Å². The largest absolute Gasteiger partial charge is 0.328 e. The molecule has 1 saturated heterocycles. The Morgan fingerprint density at radius 1 is 1.36 bits per heavy atom. The van der Waals surface area contributed by atoms with Crippen molar-refractivity contribution in [2.45, 2.75) is 50.2 Å². The van der Waals surface area contributed by atoms with Gasteiger partial charge in [0.2, 0.25) is 5.91 Å². The third kappa shape index (κ3) is 1.05. The summed E-state index contributed by atoms with van der Waals surface area (Å²) in [7, 11) is 1.96. The van der Waals surface area contributed by atoms with Gasteiger partial charge in [-0.3, -0.25) is 10.1 Å². The van der Waals surface area contributed by atoms with Crippen LogP contribution >= 0.6 is 0 Å². The van der Waals surface area contributed by atoms with Crippen molar-refractivity contribution in [1.29, 1.82) is 0 Å². The Kier molecular flexibility index (Phi) is 1.69. The van der Waals surface area contributed by atoms with Gasteiger partial charge in [0, 0.05) is 7.05 Å². The molecule has 3 rings (SSSR count). The van der Waals surface area contributed by atoms with Crippen LogP contribution in [0.15, 0.2) is 0 Å². The van der Waals surface area contributed by atoms with E-state index in [1.807, 2.05) is 11.9 Å². The maximum Gasteiger partial charge on any atom is 0.243 e. The van der Waals surface area contributed by atoms with Gasteiger partial charge in [-0.1, -0.05) is 12.8 Å². The van der Waals surface area contributed by atoms with Gasteiger partial charge in [-0.15, -0.1) is 0 Å². The fourth-order valence-electron chi connectivity index (χ4n) is 3.10. The summed E-state index contributed by atoms with van der Waals surface area (Å²) in [4.78, 5) is 13.9. The first-order valence-electron chi connectivity index (χ1n) is 5.78. The first-order valence-corrected chi connectivity index (χ1v) is 5.78. The third-order valence-electron chi connectivity index (χ3n) is 4.17. The lowest BCUT2D eigenvalue weighted by atomic mass is 10.0. The molecule has 1 aliphatic heterocycles. The van der Waals surface area contributed by atoms with E-state index < -0.39 is 0 Å². The highest BCUT2D eigenvalue weighted by atomic mass is 16.2. The predicted octanol–water partition coefficient (Wildman–Crippen LogP) is 1.10. The molecule has 1 amide bonds. The second kappa shape index (κ2) is 2.72. The van der Waals surface area contributed by atoms with Crippen LogP contribution in [-0.2, 0) is 4.79 Å². The minimum Gasteiger partial charge on any atom is -0.328 e. The molecule has 0 aromatic carbocycles. The summed E-state index contributed by atoms with van der Waals surface area (Å²) in [6.07, 6.45) is 7.73. The highest BCUT2D eigenvalue weighted by Gasteiger charge is 2.59. The van der Waals surface area contributed by atoms with Gasteiger partial charge in [-0.2, -0.15) is 0 Å². The number of hydrogen-bond donors (Lipinski definition) is 1. The predicted molar refractivity (Wildman–Crippen MR) is 53.6 cm³/mol. The van der Waals surface area contributed by atoms with Crippen LogP contribution in [-0.4, -0.2) is 29.6 Å². The second-order valence-electron chi connectivity index (χ2n) is 5.13. The van der Waals surface area contributed by atoms with Crippen molar-refractivity contribution >= 4 is 5.91 Å². The second-order valence-corrected chi connectivity index (χ2v) is 5.13. The maximum atomic E-state index is 11.9. The molecule has 1 spiro atoms. The zero-order chi connectivity index (χ0) is 9.76.